The maximum absolute atomic E-state index is 14.6. The number of amides is 2. The number of hydrogen-bond acceptors (Lipinski definition) is 7. The van der Waals surface area contributed by atoms with Crippen LogP contribution in [0.4, 0.5) is 8.78 Å². The summed E-state index contributed by atoms with van der Waals surface area (Å²) in [5.41, 5.74) is 5.77. The van der Waals surface area contributed by atoms with E-state index in [1.54, 1.807) is 13.0 Å². The van der Waals surface area contributed by atoms with Crippen LogP contribution in [0.5, 0.6) is 11.5 Å². The number of nitrogens with two attached hydrogens (primary N) is 1. The molecule has 10 nitrogen and oxygen atoms in total. The average Bonchev–Trinajstić information content (AvgIpc) is 2.85. The van der Waals surface area contributed by atoms with E-state index in [0.717, 1.165) is 12.1 Å². The van der Waals surface area contributed by atoms with Gasteiger partial charge < -0.3 is 35.3 Å². The molecule has 5 N–H and O–H groups in total. The molecule has 204 valence electrons. The van der Waals surface area contributed by atoms with E-state index in [2.05, 4.69) is 10.6 Å². The van der Waals surface area contributed by atoms with E-state index >= 15 is 0 Å². The van der Waals surface area contributed by atoms with E-state index < -0.39 is 35.1 Å². The number of nitrogens with one attached hydrogen (secondary N) is 3. The largest absolute Gasteiger partial charge is 0.497 e. The molecule has 1 unspecified atom stereocenters. The summed E-state index contributed by atoms with van der Waals surface area (Å²) in [6.07, 6.45) is -1.56. The van der Waals surface area contributed by atoms with Crippen molar-refractivity contribution in [3.63, 3.8) is 0 Å². The first-order valence-electron chi connectivity index (χ1n) is 11.0. The molecule has 0 aliphatic carbocycles. The van der Waals surface area contributed by atoms with Crippen LogP contribution in [0, 0.1) is 17.0 Å². The summed E-state index contributed by atoms with van der Waals surface area (Å²) < 4.78 is 49.8. The zero-order valence-electron chi connectivity index (χ0n) is 20.7. The van der Waals surface area contributed by atoms with E-state index in [9.17, 15) is 18.4 Å². The van der Waals surface area contributed by atoms with E-state index in [4.69, 9.17) is 30.1 Å². The summed E-state index contributed by atoms with van der Waals surface area (Å²) in [7, 11) is 2.77. The Morgan fingerprint density at radius 2 is 1.78 bits per heavy atom. The fraction of sp³-hybridized carbons (Fsp3) is 0.375. The lowest BCUT2D eigenvalue weighted by Crippen LogP contribution is -2.33. The quantitative estimate of drug-likeness (QED) is 0.162. The predicted octanol–water partition coefficient (Wildman–Crippen LogP) is 2.21. The zero-order chi connectivity index (χ0) is 26.7. The first-order chi connectivity index (χ1) is 17.2. The third kappa shape index (κ3) is 9.16. The Kier molecular flexibility index (Phi) is 13.3. The van der Waals surface area contributed by atoms with Crippen LogP contribution < -0.4 is 25.8 Å². The molecule has 0 aliphatic rings. The van der Waals surface area contributed by atoms with Gasteiger partial charge in [0.1, 0.15) is 29.0 Å². The monoisotopic (exact) mass is 544 g/mol. The Balaban J connectivity index is 0.00000684. The fourth-order valence-corrected chi connectivity index (χ4v) is 3.15. The molecule has 0 saturated carbocycles. The van der Waals surface area contributed by atoms with Crippen molar-refractivity contribution in [1.82, 2.24) is 10.6 Å². The Bertz CT molecular complexity index is 1070. The lowest BCUT2D eigenvalue weighted by atomic mass is 10.1. The summed E-state index contributed by atoms with van der Waals surface area (Å²) in [4.78, 5) is 24.9. The summed E-state index contributed by atoms with van der Waals surface area (Å²) in [6, 6.07) is 6.47. The molecule has 0 heterocycles. The topological polar surface area (TPSA) is 145 Å². The van der Waals surface area contributed by atoms with Gasteiger partial charge in [-0.15, -0.1) is 12.4 Å². The number of carbonyl (C=O) groups is 2. The second-order valence-electron chi connectivity index (χ2n) is 7.43. The van der Waals surface area contributed by atoms with Crippen molar-refractivity contribution in [3.05, 3.63) is 58.7 Å². The summed E-state index contributed by atoms with van der Waals surface area (Å²) in [6.45, 7) is 1.77. The molecule has 2 amide bonds. The average molecular weight is 545 g/mol. The molecule has 0 fully saturated rings. The normalized spacial score (nSPS) is 11.2. The van der Waals surface area contributed by atoms with Crippen LogP contribution in [0.15, 0.2) is 30.3 Å². The summed E-state index contributed by atoms with van der Waals surface area (Å²) in [5, 5.41) is 12.8. The van der Waals surface area contributed by atoms with Crippen molar-refractivity contribution in [2.24, 2.45) is 5.73 Å². The van der Waals surface area contributed by atoms with Gasteiger partial charge in [-0.25, -0.2) is 8.78 Å². The third-order valence-electron chi connectivity index (χ3n) is 4.94. The van der Waals surface area contributed by atoms with Gasteiger partial charge in [-0.3, -0.25) is 15.0 Å². The lowest BCUT2D eigenvalue weighted by Gasteiger charge is -2.20. The van der Waals surface area contributed by atoms with Gasteiger partial charge in [-0.2, -0.15) is 0 Å². The Hall–Kier alpha value is -3.48. The van der Waals surface area contributed by atoms with Gasteiger partial charge in [0, 0.05) is 50.1 Å². The highest BCUT2D eigenvalue weighted by Gasteiger charge is 2.28. The molecule has 2 aromatic carbocycles. The van der Waals surface area contributed by atoms with E-state index in [-0.39, 0.29) is 49.5 Å². The van der Waals surface area contributed by atoms with Crippen LogP contribution in [0.25, 0.3) is 0 Å². The molecule has 1 atom stereocenters. The first kappa shape index (κ1) is 31.5. The van der Waals surface area contributed by atoms with Crippen LogP contribution in [-0.4, -0.2) is 58.2 Å². The SMILES string of the molecule is CCOC(C(=O)NCc1ccc(C(=N)N)cc1OCC(=O)NCCOC)c1c(F)cc(OC)cc1F.Cl. The number of ether oxygens (including phenoxy) is 4. The molecule has 0 spiro atoms. The highest BCUT2D eigenvalue weighted by molar-refractivity contribution is 5.95. The molecular weight excluding hydrogens is 514 g/mol. The Labute approximate surface area is 219 Å². The Morgan fingerprint density at radius 3 is 2.35 bits per heavy atom. The molecule has 0 aliphatic heterocycles. The van der Waals surface area contributed by atoms with E-state index in [1.807, 2.05) is 0 Å². The van der Waals surface area contributed by atoms with Crippen LogP contribution in [-0.2, 0) is 25.6 Å². The van der Waals surface area contributed by atoms with Crippen molar-refractivity contribution in [3.8, 4) is 11.5 Å². The smallest absolute Gasteiger partial charge is 0.258 e. The fourth-order valence-electron chi connectivity index (χ4n) is 3.15. The number of methoxy groups -OCH3 is 2. The third-order valence-corrected chi connectivity index (χ3v) is 4.94. The second-order valence-corrected chi connectivity index (χ2v) is 7.43. The molecule has 0 bridgehead atoms. The van der Waals surface area contributed by atoms with Gasteiger partial charge in [0.2, 0.25) is 0 Å². The van der Waals surface area contributed by atoms with Gasteiger partial charge in [0.25, 0.3) is 11.8 Å². The van der Waals surface area contributed by atoms with Crippen LogP contribution >= 0.6 is 12.4 Å². The highest BCUT2D eigenvalue weighted by atomic mass is 35.5. The molecule has 13 heteroatoms. The van der Waals surface area contributed by atoms with Gasteiger partial charge in [0.15, 0.2) is 12.7 Å². The van der Waals surface area contributed by atoms with Gasteiger partial charge in [-0.1, -0.05) is 12.1 Å². The first-order valence-corrected chi connectivity index (χ1v) is 11.0. The van der Waals surface area contributed by atoms with Crippen LogP contribution in [0.3, 0.4) is 0 Å². The maximum Gasteiger partial charge on any atom is 0.258 e. The molecule has 37 heavy (non-hydrogen) atoms. The predicted molar refractivity (Wildman–Crippen MR) is 134 cm³/mol. The van der Waals surface area contributed by atoms with Crippen LogP contribution in [0.1, 0.15) is 29.7 Å². The summed E-state index contributed by atoms with van der Waals surface area (Å²) >= 11 is 0. The lowest BCUT2D eigenvalue weighted by molar-refractivity contribution is -0.133. The van der Waals surface area contributed by atoms with Crippen molar-refractivity contribution < 1.29 is 37.3 Å². The zero-order valence-corrected chi connectivity index (χ0v) is 21.5. The van der Waals surface area contributed by atoms with Crippen molar-refractivity contribution >= 4 is 30.1 Å². The number of halogens is 3. The molecule has 0 radical (unpaired) electrons. The van der Waals surface area contributed by atoms with Crippen molar-refractivity contribution in [1.29, 1.82) is 5.41 Å². The molecule has 2 rings (SSSR count). The number of carbonyl (C=O) groups excluding carboxylic acids is 2. The number of benzene rings is 2. The van der Waals surface area contributed by atoms with E-state index in [0.29, 0.717) is 24.3 Å². The Morgan fingerprint density at radius 1 is 1.11 bits per heavy atom. The molecule has 0 saturated heterocycles. The minimum Gasteiger partial charge on any atom is -0.497 e. The molecule has 0 aromatic heterocycles. The van der Waals surface area contributed by atoms with Gasteiger partial charge in [0.05, 0.1) is 19.3 Å². The van der Waals surface area contributed by atoms with E-state index in [1.165, 1.54) is 26.4 Å². The molecular formula is C24H31ClF2N4O6. The van der Waals surface area contributed by atoms with Gasteiger partial charge in [-0.05, 0) is 13.0 Å². The summed E-state index contributed by atoms with van der Waals surface area (Å²) in [5.74, 6) is -3.25. The maximum atomic E-state index is 14.6. The number of rotatable bonds is 14. The minimum absolute atomic E-state index is 0. The number of amidine groups is 1. The molecule has 2 aromatic rings. The van der Waals surface area contributed by atoms with Crippen LogP contribution in [0.2, 0.25) is 0 Å². The van der Waals surface area contributed by atoms with Crippen molar-refractivity contribution in [2.75, 3.05) is 40.6 Å². The van der Waals surface area contributed by atoms with Crippen molar-refractivity contribution in [2.45, 2.75) is 19.6 Å². The minimum atomic E-state index is -1.56. The van der Waals surface area contributed by atoms with Gasteiger partial charge >= 0.3 is 0 Å². The highest BCUT2D eigenvalue weighted by Crippen LogP contribution is 2.29. The standard InChI is InChI=1S/C24H30F2N4O6.ClH/c1-4-35-22(21-17(25)10-16(34-3)11-18(21)26)24(32)30-12-15-6-5-14(23(27)28)9-19(15)36-13-20(31)29-7-8-33-2;/h5-6,9-11,22H,4,7-8,12-13H2,1-3H3,(H3,27,28)(H,29,31)(H,30,32);1H. The second kappa shape index (κ2) is 15.6. The number of nitrogen functional groups attached to an aromatic ring is 1. The number of hydrogen-bond donors (Lipinski definition) is 4.